The molecule has 0 radical (unpaired) electrons. The molecule has 0 bridgehead atoms. The first-order chi connectivity index (χ1) is 16.7. The third kappa shape index (κ3) is 3.51. The molecule has 0 aliphatic carbocycles. The number of imidazole rings is 1. The molecule has 168 valence electrons. The van der Waals surface area contributed by atoms with Crippen LogP contribution in [-0.4, -0.2) is 25.7 Å². The quantitative estimate of drug-likeness (QED) is 0.400. The van der Waals surface area contributed by atoms with Crippen molar-refractivity contribution in [2.24, 2.45) is 7.05 Å². The summed E-state index contributed by atoms with van der Waals surface area (Å²) in [4.78, 5) is 17.7. The molecule has 2 aromatic heterocycles. The number of aryl methyl sites for hydroxylation is 3. The first-order valence-electron chi connectivity index (χ1n) is 11.3. The Balaban J connectivity index is 1.13. The highest BCUT2D eigenvalue weighted by atomic mass is 16.5. The van der Waals surface area contributed by atoms with Crippen LogP contribution in [0.3, 0.4) is 0 Å². The fourth-order valence-electron chi connectivity index (χ4n) is 4.48. The Morgan fingerprint density at radius 2 is 1.82 bits per heavy atom. The third-order valence-electron chi connectivity index (χ3n) is 6.34. The van der Waals surface area contributed by atoms with Crippen LogP contribution in [0.2, 0.25) is 0 Å². The lowest BCUT2D eigenvalue weighted by Crippen LogP contribution is -2.16. The molecule has 7 heteroatoms. The molecule has 0 unspecified atom stereocenters. The summed E-state index contributed by atoms with van der Waals surface area (Å²) < 4.78 is 7.96. The summed E-state index contributed by atoms with van der Waals surface area (Å²) in [5.41, 5.74) is 6.95. The molecule has 3 heterocycles. The van der Waals surface area contributed by atoms with E-state index in [0.717, 1.165) is 58.0 Å². The van der Waals surface area contributed by atoms with Gasteiger partial charge in [0.15, 0.2) is 0 Å². The lowest BCUT2D eigenvalue weighted by Gasteiger charge is -2.17. The third-order valence-corrected chi connectivity index (χ3v) is 6.34. The minimum absolute atomic E-state index is 0.232. The average molecular weight is 450 g/mol. The molecule has 0 atom stereocenters. The number of ether oxygens (including phenoxy) is 1. The first kappa shape index (κ1) is 20.2. The van der Waals surface area contributed by atoms with Gasteiger partial charge in [-0.2, -0.15) is 5.10 Å². The van der Waals surface area contributed by atoms with E-state index in [1.807, 2.05) is 66.7 Å². The van der Waals surface area contributed by atoms with Crippen LogP contribution in [0.25, 0.3) is 22.3 Å². The molecule has 6 rings (SSSR count). The predicted molar refractivity (Wildman–Crippen MR) is 131 cm³/mol. The SMILES string of the molecule is Cn1c(CCc2ccc(NC(=O)c3[nH]nc4c3COc3ccccc3-4)cc2)nc2ccccc21. The molecule has 3 aromatic carbocycles. The van der Waals surface area contributed by atoms with Crippen molar-refractivity contribution in [1.82, 2.24) is 19.7 Å². The number of fused-ring (bicyclic) bond motifs is 4. The largest absolute Gasteiger partial charge is 0.488 e. The van der Waals surface area contributed by atoms with Crippen LogP contribution in [-0.2, 0) is 26.5 Å². The summed E-state index contributed by atoms with van der Waals surface area (Å²) in [7, 11) is 2.06. The molecule has 5 aromatic rings. The first-order valence-corrected chi connectivity index (χ1v) is 11.3. The van der Waals surface area contributed by atoms with Gasteiger partial charge in [0.25, 0.3) is 5.91 Å². The maximum absolute atomic E-state index is 12.9. The fourth-order valence-corrected chi connectivity index (χ4v) is 4.48. The Hall–Kier alpha value is -4.39. The van der Waals surface area contributed by atoms with E-state index in [0.29, 0.717) is 12.3 Å². The van der Waals surface area contributed by atoms with E-state index in [1.165, 1.54) is 5.56 Å². The summed E-state index contributed by atoms with van der Waals surface area (Å²) >= 11 is 0. The Bertz CT molecular complexity index is 1510. The van der Waals surface area contributed by atoms with Crippen LogP contribution in [0.5, 0.6) is 5.75 Å². The number of amides is 1. The minimum atomic E-state index is -0.232. The number of hydrogen-bond acceptors (Lipinski definition) is 4. The van der Waals surface area contributed by atoms with Crippen molar-refractivity contribution in [3.05, 3.63) is 95.4 Å². The number of carbonyl (C=O) groups is 1. The number of carbonyl (C=O) groups excluding carboxylic acids is 1. The maximum atomic E-state index is 12.9. The van der Waals surface area contributed by atoms with Crippen molar-refractivity contribution in [2.45, 2.75) is 19.4 Å². The summed E-state index contributed by atoms with van der Waals surface area (Å²) in [6.45, 7) is 0.312. The van der Waals surface area contributed by atoms with Gasteiger partial charge in [-0.05, 0) is 48.4 Å². The minimum Gasteiger partial charge on any atom is -0.488 e. The molecule has 0 fully saturated rings. The number of para-hydroxylation sites is 3. The Morgan fingerprint density at radius 1 is 1.03 bits per heavy atom. The van der Waals surface area contributed by atoms with Crippen LogP contribution < -0.4 is 10.1 Å². The van der Waals surface area contributed by atoms with E-state index in [-0.39, 0.29) is 5.91 Å². The van der Waals surface area contributed by atoms with Crippen LogP contribution in [0.15, 0.2) is 72.8 Å². The second-order valence-electron chi connectivity index (χ2n) is 8.44. The second kappa shape index (κ2) is 8.19. The molecule has 0 spiro atoms. The number of rotatable bonds is 5. The number of benzene rings is 3. The number of aromatic amines is 1. The number of aromatic nitrogens is 4. The van der Waals surface area contributed by atoms with Crippen LogP contribution >= 0.6 is 0 Å². The van der Waals surface area contributed by atoms with Gasteiger partial charge < -0.3 is 14.6 Å². The van der Waals surface area contributed by atoms with Crippen molar-refractivity contribution in [3.8, 4) is 17.0 Å². The number of H-pyrrole nitrogens is 1. The van der Waals surface area contributed by atoms with E-state index in [2.05, 4.69) is 33.2 Å². The fraction of sp³-hybridized carbons (Fsp3) is 0.148. The maximum Gasteiger partial charge on any atom is 0.274 e. The predicted octanol–water partition coefficient (Wildman–Crippen LogP) is 4.89. The topological polar surface area (TPSA) is 84.8 Å². The lowest BCUT2D eigenvalue weighted by molar-refractivity contribution is 0.102. The smallest absolute Gasteiger partial charge is 0.274 e. The van der Waals surface area contributed by atoms with Gasteiger partial charge in [-0.1, -0.05) is 36.4 Å². The van der Waals surface area contributed by atoms with Crippen LogP contribution in [0.4, 0.5) is 5.69 Å². The van der Waals surface area contributed by atoms with E-state index < -0.39 is 0 Å². The molecule has 1 aliphatic heterocycles. The lowest BCUT2D eigenvalue weighted by atomic mass is 10.0. The van der Waals surface area contributed by atoms with Crippen molar-refractivity contribution >= 4 is 22.6 Å². The van der Waals surface area contributed by atoms with Gasteiger partial charge in [-0.15, -0.1) is 0 Å². The Morgan fingerprint density at radius 3 is 2.68 bits per heavy atom. The molecule has 2 N–H and O–H groups in total. The van der Waals surface area contributed by atoms with E-state index in [4.69, 9.17) is 9.72 Å². The zero-order valence-corrected chi connectivity index (χ0v) is 18.7. The number of nitrogens with zero attached hydrogens (tertiary/aromatic N) is 3. The highest BCUT2D eigenvalue weighted by Crippen LogP contribution is 2.37. The van der Waals surface area contributed by atoms with Crippen LogP contribution in [0, 0.1) is 0 Å². The van der Waals surface area contributed by atoms with E-state index in [1.54, 1.807) is 0 Å². The number of hydrogen-bond donors (Lipinski definition) is 2. The van der Waals surface area contributed by atoms with E-state index in [9.17, 15) is 4.79 Å². The van der Waals surface area contributed by atoms with Crippen molar-refractivity contribution in [2.75, 3.05) is 5.32 Å². The van der Waals surface area contributed by atoms with Gasteiger partial charge in [-0.3, -0.25) is 9.89 Å². The monoisotopic (exact) mass is 449 g/mol. The van der Waals surface area contributed by atoms with Crippen molar-refractivity contribution in [1.29, 1.82) is 0 Å². The molecular formula is C27H23N5O2. The molecule has 0 saturated heterocycles. The van der Waals surface area contributed by atoms with Gasteiger partial charge in [0.2, 0.25) is 0 Å². The second-order valence-corrected chi connectivity index (χ2v) is 8.44. The van der Waals surface area contributed by atoms with Crippen LogP contribution in [0.1, 0.15) is 27.4 Å². The number of anilines is 1. The summed E-state index contributed by atoms with van der Waals surface area (Å²) in [6, 6.07) is 23.8. The van der Waals surface area contributed by atoms with Gasteiger partial charge in [-0.25, -0.2) is 4.98 Å². The zero-order valence-electron chi connectivity index (χ0n) is 18.7. The van der Waals surface area contributed by atoms with Gasteiger partial charge in [0.1, 0.15) is 29.6 Å². The summed E-state index contributed by atoms with van der Waals surface area (Å²) in [5, 5.41) is 10.2. The van der Waals surface area contributed by atoms with Gasteiger partial charge >= 0.3 is 0 Å². The Labute approximate surface area is 196 Å². The molecule has 0 saturated carbocycles. The molecule has 7 nitrogen and oxygen atoms in total. The zero-order chi connectivity index (χ0) is 23.1. The highest BCUT2D eigenvalue weighted by molar-refractivity contribution is 6.05. The number of nitrogens with one attached hydrogen (secondary N) is 2. The molecule has 1 amide bonds. The van der Waals surface area contributed by atoms with Gasteiger partial charge in [0, 0.05) is 30.3 Å². The van der Waals surface area contributed by atoms with Crippen molar-refractivity contribution in [3.63, 3.8) is 0 Å². The highest BCUT2D eigenvalue weighted by Gasteiger charge is 2.26. The summed E-state index contributed by atoms with van der Waals surface area (Å²) in [6.07, 6.45) is 1.72. The van der Waals surface area contributed by atoms with E-state index >= 15 is 0 Å². The summed E-state index contributed by atoms with van der Waals surface area (Å²) in [5.74, 6) is 1.61. The molecule has 34 heavy (non-hydrogen) atoms. The van der Waals surface area contributed by atoms with Gasteiger partial charge in [0.05, 0.1) is 11.0 Å². The standard InChI is InChI=1S/C27H23N5O2/c1-32-22-8-4-3-7-21(22)29-24(32)15-12-17-10-13-18(14-11-17)28-27(33)26-20-16-34-23-9-5-2-6-19(23)25(20)30-31-26/h2-11,13-14H,12,15-16H2,1H3,(H,28,33)(H,30,31). The molecular weight excluding hydrogens is 426 g/mol. The Kier molecular flexibility index (Phi) is 4.87. The average Bonchev–Trinajstić information content (AvgIpc) is 3.45. The molecule has 1 aliphatic rings. The van der Waals surface area contributed by atoms with Crippen molar-refractivity contribution < 1.29 is 9.53 Å². The normalized spacial score (nSPS) is 12.1.